The van der Waals surface area contributed by atoms with Gasteiger partial charge in [0, 0.05) is 12.7 Å². The number of nitrogens with zero attached hydrogens (tertiary/aromatic N) is 1. The van der Waals surface area contributed by atoms with Crippen LogP contribution in [0.4, 0.5) is 5.69 Å². The maximum absolute atomic E-state index is 12.1. The highest BCUT2D eigenvalue weighted by Crippen LogP contribution is 2.11. The van der Waals surface area contributed by atoms with Crippen molar-refractivity contribution in [2.75, 3.05) is 25.5 Å². The summed E-state index contributed by atoms with van der Waals surface area (Å²) in [5, 5.41) is 5.85. The van der Waals surface area contributed by atoms with Gasteiger partial charge in [-0.25, -0.2) is 0 Å². The predicted molar refractivity (Wildman–Crippen MR) is 92.6 cm³/mol. The summed E-state index contributed by atoms with van der Waals surface area (Å²) in [5.74, 6) is 0.379. The molecular formula is C18H23N3O3. The lowest BCUT2D eigenvalue weighted by Crippen LogP contribution is -2.40. The van der Waals surface area contributed by atoms with Crippen LogP contribution in [0, 0.1) is 6.92 Å². The molecule has 0 saturated heterocycles. The van der Waals surface area contributed by atoms with Crippen LogP contribution in [0.5, 0.6) is 0 Å². The first-order valence-corrected chi connectivity index (χ1v) is 7.83. The molecule has 0 fully saturated rings. The van der Waals surface area contributed by atoms with Crippen LogP contribution < -0.4 is 10.6 Å². The number of nitrogens with one attached hydrogen (secondary N) is 2. The largest absolute Gasteiger partial charge is 0.468 e. The zero-order valence-corrected chi connectivity index (χ0v) is 14.2. The van der Waals surface area contributed by atoms with E-state index >= 15 is 0 Å². The summed E-state index contributed by atoms with van der Waals surface area (Å²) in [6.07, 6.45) is 1.59. The number of hydrogen-bond donors (Lipinski definition) is 2. The summed E-state index contributed by atoms with van der Waals surface area (Å²) < 4.78 is 5.28. The lowest BCUT2D eigenvalue weighted by molar-refractivity contribution is -0.132. The molecule has 2 amide bonds. The average Bonchev–Trinajstić information content (AvgIpc) is 3.08. The maximum Gasteiger partial charge on any atom is 0.243 e. The zero-order valence-electron chi connectivity index (χ0n) is 14.2. The number of amides is 2. The van der Waals surface area contributed by atoms with E-state index < -0.39 is 0 Å². The van der Waals surface area contributed by atoms with Crippen molar-refractivity contribution in [1.82, 2.24) is 10.2 Å². The van der Waals surface area contributed by atoms with Crippen LogP contribution in [-0.2, 0) is 9.59 Å². The third kappa shape index (κ3) is 5.24. The van der Waals surface area contributed by atoms with Gasteiger partial charge in [0.15, 0.2) is 0 Å². The van der Waals surface area contributed by atoms with Crippen molar-refractivity contribution in [3.05, 3.63) is 54.0 Å². The Labute approximate surface area is 141 Å². The molecule has 24 heavy (non-hydrogen) atoms. The van der Waals surface area contributed by atoms with Gasteiger partial charge in [0.05, 0.1) is 25.4 Å². The quantitative estimate of drug-likeness (QED) is 0.817. The molecule has 6 nitrogen and oxygen atoms in total. The molecule has 1 atom stereocenters. The van der Waals surface area contributed by atoms with E-state index in [1.165, 1.54) is 4.90 Å². The Bertz CT molecular complexity index is 665. The number of furan rings is 1. The first-order valence-electron chi connectivity index (χ1n) is 7.83. The molecule has 1 aromatic carbocycles. The van der Waals surface area contributed by atoms with E-state index in [1.54, 1.807) is 19.4 Å². The van der Waals surface area contributed by atoms with Gasteiger partial charge in [-0.3, -0.25) is 14.9 Å². The fraction of sp³-hybridized carbons (Fsp3) is 0.333. The van der Waals surface area contributed by atoms with E-state index in [2.05, 4.69) is 10.6 Å². The number of carbonyl (C=O) groups excluding carboxylic acids is 2. The fourth-order valence-corrected chi connectivity index (χ4v) is 2.15. The van der Waals surface area contributed by atoms with Crippen molar-refractivity contribution < 1.29 is 14.0 Å². The fourth-order valence-electron chi connectivity index (χ4n) is 2.15. The van der Waals surface area contributed by atoms with Gasteiger partial charge in [0.25, 0.3) is 0 Å². The second kappa shape index (κ2) is 8.31. The highest BCUT2D eigenvalue weighted by molar-refractivity contribution is 5.94. The average molecular weight is 329 g/mol. The molecule has 0 aliphatic rings. The minimum Gasteiger partial charge on any atom is -0.468 e. The number of aryl methyl sites for hydroxylation is 1. The summed E-state index contributed by atoms with van der Waals surface area (Å²) >= 11 is 0. The molecule has 2 N–H and O–H groups in total. The molecule has 128 valence electrons. The summed E-state index contributed by atoms with van der Waals surface area (Å²) in [6.45, 7) is 4.03. The summed E-state index contributed by atoms with van der Waals surface area (Å²) in [5.41, 5.74) is 1.84. The smallest absolute Gasteiger partial charge is 0.243 e. The van der Waals surface area contributed by atoms with Crippen molar-refractivity contribution in [3.8, 4) is 0 Å². The van der Waals surface area contributed by atoms with Crippen LogP contribution in [0.15, 0.2) is 47.1 Å². The molecule has 0 aliphatic carbocycles. The number of rotatable bonds is 7. The van der Waals surface area contributed by atoms with Gasteiger partial charge < -0.3 is 14.6 Å². The number of anilines is 1. The Morgan fingerprint density at radius 1 is 1.21 bits per heavy atom. The molecule has 2 rings (SSSR count). The van der Waals surface area contributed by atoms with Gasteiger partial charge in [-0.2, -0.15) is 0 Å². The third-order valence-corrected chi connectivity index (χ3v) is 3.67. The molecular weight excluding hydrogens is 306 g/mol. The van der Waals surface area contributed by atoms with Crippen LogP contribution >= 0.6 is 0 Å². The number of likely N-dealkylation sites (N-methyl/N-ethyl adjacent to an activating group) is 1. The number of hydrogen-bond acceptors (Lipinski definition) is 4. The van der Waals surface area contributed by atoms with Crippen LogP contribution in [0.25, 0.3) is 0 Å². The molecule has 0 radical (unpaired) electrons. The molecule has 0 aliphatic heterocycles. The Hall–Kier alpha value is -2.60. The van der Waals surface area contributed by atoms with Gasteiger partial charge in [0.1, 0.15) is 5.76 Å². The second-order valence-corrected chi connectivity index (χ2v) is 5.78. The number of benzene rings is 1. The second-order valence-electron chi connectivity index (χ2n) is 5.78. The van der Waals surface area contributed by atoms with E-state index in [4.69, 9.17) is 4.42 Å². The van der Waals surface area contributed by atoms with E-state index in [-0.39, 0.29) is 30.9 Å². The van der Waals surface area contributed by atoms with Gasteiger partial charge in [-0.05, 0) is 38.1 Å². The molecule has 1 aromatic heterocycles. The van der Waals surface area contributed by atoms with E-state index in [9.17, 15) is 9.59 Å². The van der Waals surface area contributed by atoms with Crippen LogP contribution in [0.2, 0.25) is 0 Å². The SMILES string of the molecule is Cc1ccc(NC(=O)CN(C)C(=O)CN[C@@H](C)c2ccco2)cc1. The first kappa shape index (κ1) is 17.7. The summed E-state index contributed by atoms with van der Waals surface area (Å²) in [4.78, 5) is 25.5. The normalized spacial score (nSPS) is 11.8. The molecule has 0 bridgehead atoms. The van der Waals surface area contributed by atoms with Crippen LogP contribution in [0.3, 0.4) is 0 Å². The molecule has 0 saturated carbocycles. The van der Waals surface area contributed by atoms with Crippen molar-refractivity contribution in [2.24, 2.45) is 0 Å². The van der Waals surface area contributed by atoms with E-state index in [0.717, 1.165) is 17.0 Å². The Balaban J connectivity index is 1.76. The van der Waals surface area contributed by atoms with E-state index in [1.807, 2.05) is 44.2 Å². The van der Waals surface area contributed by atoms with Crippen molar-refractivity contribution >= 4 is 17.5 Å². The minimum absolute atomic E-state index is 0.00349. The van der Waals surface area contributed by atoms with Crippen LogP contribution in [-0.4, -0.2) is 36.9 Å². The molecule has 6 heteroatoms. The Kier molecular flexibility index (Phi) is 6.14. The van der Waals surface area contributed by atoms with Crippen LogP contribution in [0.1, 0.15) is 24.3 Å². The van der Waals surface area contributed by atoms with Gasteiger partial charge in [0.2, 0.25) is 11.8 Å². The summed E-state index contributed by atoms with van der Waals surface area (Å²) in [6, 6.07) is 11.1. The van der Waals surface area contributed by atoms with Gasteiger partial charge >= 0.3 is 0 Å². The topological polar surface area (TPSA) is 74.6 Å². The highest BCUT2D eigenvalue weighted by Gasteiger charge is 2.15. The zero-order chi connectivity index (χ0) is 17.5. The monoisotopic (exact) mass is 329 g/mol. The van der Waals surface area contributed by atoms with Gasteiger partial charge in [-0.15, -0.1) is 0 Å². The molecule has 0 spiro atoms. The minimum atomic E-state index is -0.228. The molecule has 0 unspecified atom stereocenters. The highest BCUT2D eigenvalue weighted by atomic mass is 16.3. The third-order valence-electron chi connectivity index (χ3n) is 3.67. The Morgan fingerprint density at radius 2 is 1.92 bits per heavy atom. The van der Waals surface area contributed by atoms with E-state index in [0.29, 0.717) is 0 Å². The maximum atomic E-state index is 12.1. The first-order chi connectivity index (χ1) is 11.5. The summed E-state index contributed by atoms with van der Waals surface area (Å²) in [7, 11) is 1.61. The van der Waals surface area contributed by atoms with Gasteiger partial charge in [-0.1, -0.05) is 17.7 Å². The molecule has 2 aromatic rings. The Morgan fingerprint density at radius 3 is 2.54 bits per heavy atom. The number of carbonyl (C=O) groups is 2. The standard InChI is InChI=1S/C18H23N3O3/c1-13-6-8-15(9-7-13)20-17(22)12-21(3)18(23)11-19-14(2)16-5-4-10-24-16/h4-10,14,19H,11-12H2,1-3H3,(H,20,22)/t14-/m0/s1. The van der Waals surface area contributed by atoms with Crippen molar-refractivity contribution in [2.45, 2.75) is 19.9 Å². The lowest BCUT2D eigenvalue weighted by atomic mass is 10.2. The predicted octanol–water partition coefficient (Wildman–Crippen LogP) is 2.34. The van der Waals surface area contributed by atoms with Crippen molar-refractivity contribution in [3.63, 3.8) is 0 Å². The molecule has 1 heterocycles. The van der Waals surface area contributed by atoms with Crippen molar-refractivity contribution in [1.29, 1.82) is 0 Å². The lowest BCUT2D eigenvalue weighted by Gasteiger charge is -2.18.